The van der Waals surface area contributed by atoms with E-state index < -0.39 is 28.5 Å². The highest BCUT2D eigenvalue weighted by molar-refractivity contribution is 9.10. The largest absolute Gasteiger partial charge is 0.492 e. The van der Waals surface area contributed by atoms with E-state index >= 15 is 0 Å². The standard InChI is InChI=1S/C31H38BrN3O5S/c1-5-40-29-14-10-9-13-27(29)35(41(4,38)39)22-30(36)34(21-25-15-17-26(32)18-16-25)28(31(37)33-20-23(2)3)19-24-11-7-6-8-12-24/h6-18,23,28H,5,19-22H2,1-4H3,(H,33,37). The van der Waals surface area contributed by atoms with E-state index in [4.69, 9.17) is 4.74 Å². The van der Waals surface area contributed by atoms with Gasteiger partial charge in [0.05, 0.1) is 18.6 Å². The molecule has 1 unspecified atom stereocenters. The minimum Gasteiger partial charge on any atom is -0.492 e. The first-order chi connectivity index (χ1) is 19.5. The van der Waals surface area contributed by atoms with Gasteiger partial charge >= 0.3 is 0 Å². The van der Waals surface area contributed by atoms with Crippen molar-refractivity contribution in [2.45, 2.75) is 39.8 Å². The first-order valence-corrected chi connectivity index (χ1v) is 16.2. The molecule has 0 saturated carbocycles. The number of carbonyl (C=O) groups is 2. The first kappa shape index (κ1) is 32.1. The maximum atomic E-state index is 14.2. The molecule has 3 rings (SSSR count). The Balaban J connectivity index is 2.06. The molecule has 8 nitrogen and oxygen atoms in total. The van der Waals surface area contributed by atoms with Crippen LogP contribution in [0.15, 0.2) is 83.3 Å². The maximum absolute atomic E-state index is 14.2. The second-order valence-electron chi connectivity index (χ2n) is 10.2. The Labute approximate surface area is 251 Å². The molecule has 0 heterocycles. The van der Waals surface area contributed by atoms with Crippen molar-refractivity contribution < 1.29 is 22.7 Å². The lowest BCUT2D eigenvalue weighted by molar-refractivity contribution is -0.140. The number of nitrogens with zero attached hydrogens (tertiary/aromatic N) is 2. The van der Waals surface area contributed by atoms with Crippen LogP contribution in [0.5, 0.6) is 5.75 Å². The van der Waals surface area contributed by atoms with Gasteiger partial charge in [0, 0.05) is 24.0 Å². The highest BCUT2D eigenvalue weighted by Crippen LogP contribution is 2.30. The van der Waals surface area contributed by atoms with Crippen molar-refractivity contribution in [2.75, 3.05) is 30.3 Å². The van der Waals surface area contributed by atoms with Gasteiger partial charge in [-0.2, -0.15) is 0 Å². The minimum absolute atomic E-state index is 0.115. The molecule has 1 atom stereocenters. The van der Waals surface area contributed by atoms with Gasteiger partial charge in [-0.15, -0.1) is 0 Å². The van der Waals surface area contributed by atoms with E-state index in [1.165, 1.54) is 4.90 Å². The quantitative estimate of drug-likeness (QED) is 0.266. The third-order valence-electron chi connectivity index (χ3n) is 6.33. The molecule has 3 aromatic rings. The fraction of sp³-hybridized carbons (Fsp3) is 0.355. The number of rotatable bonds is 14. The number of carbonyl (C=O) groups excluding carboxylic acids is 2. The molecule has 41 heavy (non-hydrogen) atoms. The predicted octanol–water partition coefficient (Wildman–Crippen LogP) is 5.03. The summed E-state index contributed by atoms with van der Waals surface area (Å²) in [4.78, 5) is 29.3. The number of nitrogens with one attached hydrogen (secondary N) is 1. The Bertz CT molecular complexity index is 1400. The van der Waals surface area contributed by atoms with E-state index in [2.05, 4.69) is 21.2 Å². The maximum Gasteiger partial charge on any atom is 0.244 e. The average Bonchev–Trinajstić information content (AvgIpc) is 2.93. The summed E-state index contributed by atoms with van der Waals surface area (Å²) in [6, 6.07) is 22.8. The molecule has 0 bridgehead atoms. The molecule has 0 aliphatic heterocycles. The summed E-state index contributed by atoms with van der Waals surface area (Å²) in [5.74, 6) is -0.246. The zero-order valence-corrected chi connectivity index (χ0v) is 26.3. The molecule has 1 N–H and O–H groups in total. The van der Waals surface area contributed by atoms with Gasteiger partial charge in [-0.3, -0.25) is 13.9 Å². The number of sulfonamides is 1. The lowest BCUT2D eigenvalue weighted by atomic mass is 10.0. The Hall–Kier alpha value is -3.37. The van der Waals surface area contributed by atoms with Gasteiger partial charge in [-0.25, -0.2) is 8.42 Å². The summed E-state index contributed by atoms with van der Waals surface area (Å²) in [6.07, 6.45) is 1.32. The highest BCUT2D eigenvalue weighted by Gasteiger charge is 2.33. The SMILES string of the molecule is CCOc1ccccc1N(CC(=O)N(Cc1ccc(Br)cc1)C(Cc1ccccc1)C(=O)NCC(C)C)S(C)(=O)=O. The monoisotopic (exact) mass is 643 g/mol. The number of hydrogen-bond donors (Lipinski definition) is 1. The van der Waals surface area contributed by atoms with Crippen LogP contribution in [0.2, 0.25) is 0 Å². The third-order valence-corrected chi connectivity index (χ3v) is 7.99. The van der Waals surface area contributed by atoms with Crippen molar-refractivity contribution in [3.8, 4) is 5.75 Å². The summed E-state index contributed by atoms with van der Waals surface area (Å²) in [6.45, 7) is 6.19. The van der Waals surface area contributed by atoms with E-state index in [1.807, 2.05) is 68.4 Å². The molecule has 0 aromatic heterocycles. The molecular weight excluding hydrogens is 606 g/mol. The number of amides is 2. The molecule has 0 radical (unpaired) electrons. The molecule has 10 heteroatoms. The zero-order chi connectivity index (χ0) is 30.0. The second kappa shape index (κ2) is 15.0. The molecule has 0 saturated heterocycles. The lowest BCUT2D eigenvalue weighted by Crippen LogP contribution is -2.53. The molecule has 0 aliphatic rings. The highest BCUT2D eigenvalue weighted by atomic mass is 79.9. The van der Waals surface area contributed by atoms with Crippen LogP contribution in [0.3, 0.4) is 0 Å². The van der Waals surface area contributed by atoms with Crippen molar-refractivity contribution in [1.29, 1.82) is 0 Å². The van der Waals surface area contributed by atoms with Crippen LogP contribution < -0.4 is 14.4 Å². The van der Waals surface area contributed by atoms with E-state index in [1.54, 1.807) is 31.2 Å². The number of para-hydroxylation sites is 2. The molecule has 0 spiro atoms. The fourth-order valence-corrected chi connectivity index (χ4v) is 5.42. The van der Waals surface area contributed by atoms with E-state index in [0.717, 1.165) is 26.2 Å². The van der Waals surface area contributed by atoms with Crippen molar-refractivity contribution in [1.82, 2.24) is 10.2 Å². The number of benzene rings is 3. The van der Waals surface area contributed by atoms with Gasteiger partial charge in [0.2, 0.25) is 21.8 Å². The smallest absolute Gasteiger partial charge is 0.244 e. The fourth-order valence-electron chi connectivity index (χ4n) is 4.30. The van der Waals surface area contributed by atoms with E-state index in [-0.39, 0.29) is 30.5 Å². The number of hydrogen-bond acceptors (Lipinski definition) is 5. The number of halogens is 1. The molecule has 3 aromatic carbocycles. The van der Waals surface area contributed by atoms with Gasteiger partial charge in [0.15, 0.2) is 0 Å². The zero-order valence-electron chi connectivity index (χ0n) is 23.9. The van der Waals surface area contributed by atoms with Gasteiger partial charge in [-0.1, -0.05) is 84.4 Å². The van der Waals surface area contributed by atoms with Crippen molar-refractivity contribution in [3.05, 3.63) is 94.5 Å². The Morgan fingerprint density at radius 1 is 0.927 bits per heavy atom. The van der Waals surface area contributed by atoms with Gasteiger partial charge < -0.3 is 15.0 Å². The van der Waals surface area contributed by atoms with Crippen molar-refractivity contribution >= 4 is 43.5 Å². The number of ether oxygens (including phenoxy) is 1. The Morgan fingerprint density at radius 2 is 1.56 bits per heavy atom. The summed E-state index contributed by atoms with van der Waals surface area (Å²) in [5.41, 5.74) is 1.95. The van der Waals surface area contributed by atoms with Crippen LogP contribution in [-0.4, -0.2) is 57.1 Å². The molecule has 220 valence electrons. The van der Waals surface area contributed by atoms with Gasteiger partial charge in [0.1, 0.15) is 18.3 Å². The van der Waals surface area contributed by atoms with E-state index in [9.17, 15) is 18.0 Å². The van der Waals surface area contributed by atoms with Crippen LogP contribution in [0.1, 0.15) is 31.9 Å². The van der Waals surface area contributed by atoms with Crippen LogP contribution in [0.4, 0.5) is 5.69 Å². The summed E-state index contributed by atoms with van der Waals surface area (Å²) in [5, 5.41) is 2.98. The second-order valence-corrected chi connectivity index (χ2v) is 13.0. The van der Waals surface area contributed by atoms with Crippen LogP contribution >= 0.6 is 15.9 Å². The first-order valence-electron chi connectivity index (χ1n) is 13.5. The molecule has 2 amide bonds. The molecule has 0 aliphatic carbocycles. The summed E-state index contributed by atoms with van der Waals surface area (Å²) in [7, 11) is -3.89. The average molecular weight is 645 g/mol. The van der Waals surface area contributed by atoms with Crippen molar-refractivity contribution in [3.63, 3.8) is 0 Å². The Morgan fingerprint density at radius 3 is 2.17 bits per heavy atom. The van der Waals surface area contributed by atoms with Crippen LogP contribution in [-0.2, 0) is 32.6 Å². The van der Waals surface area contributed by atoms with Crippen LogP contribution in [0, 0.1) is 5.92 Å². The topological polar surface area (TPSA) is 96.0 Å². The predicted molar refractivity (Wildman–Crippen MR) is 166 cm³/mol. The number of anilines is 1. The normalized spacial score (nSPS) is 12.0. The Kier molecular flexibility index (Phi) is 11.8. The molecular formula is C31H38BrN3O5S. The lowest BCUT2D eigenvalue weighted by Gasteiger charge is -2.34. The third kappa shape index (κ3) is 9.60. The van der Waals surface area contributed by atoms with Gasteiger partial charge in [0.25, 0.3) is 0 Å². The van der Waals surface area contributed by atoms with Crippen LogP contribution in [0.25, 0.3) is 0 Å². The minimum atomic E-state index is -3.89. The van der Waals surface area contributed by atoms with E-state index in [0.29, 0.717) is 18.9 Å². The summed E-state index contributed by atoms with van der Waals surface area (Å²) >= 11 is 3.44. The summed E-state index contributed by atoms with van der Waals surface area (Å²) < 4.78 is 33.7. The van der Waals surface area contributed by atoms with Crippen molar-refractivity contribution in [2.24, 2.45) is 5.92 Å². The molecule has 0 fully saturated rings. The van der Waals surface area contributed by atoms with Gasteiger partial charge in [-0.05, 0) is 48.2 Å².